The van der Waals surface area contributed by atoms with Crippen LogP contribution in [0, 0.1) is 6.92 Å². The van der Waals surface area contributed by atoms with Gasteiger partial charge in [0.25, 0.3) is 5.91 Å². The maximum atomic E-state index is 13.3. The predicted octanol–water partition coefficient (Wildman–Crippen LogP) is 4.88. The molecule has 1 aliphatic rings. The number of benzene rings is 2. The van der Waals surface area contributed by atoms with Gasteiger partial charge in [-0.2, -0.15) is 0 Å². The highest BCUT2D eigenvalue weighted by molar-refractivity contribution is 5.96. The van der Waals surface area contributed by atoms with Crippen LogP contribution in [-0.4, -0.2) is 35.3 Å². The van der Waals surface area contributed by atoms with Gasteiger partial charge in [-0.25, -0.2) is 4.79 Å². The second-order valence-electron chi connectivity index (χ2n) is 8.85. The van der Waals surface area contributed by atoms with E-state index in [-0.39, 0.29) is 43.3 Å². The average molecular weight is 463 g/mol. The lowest BCUT2D eigenvalue weighted by Crippen LogP contribution is -2.38. The molecule has 1 N–H and O–H groups in total. The Morgan fingerprint density at radius 3 is 2.53 bits per heavy atom. The molecule has 0 aliphatic carbocycles. The smallest absolute Gasteiger partial charge is 0.336 e. The first-order chi connectivity index (χ1) is 16.2. The van der Waals surface area contributed by atoms with Crippen molar-refractivity contribution in [1.82, 2.24) is 10.2 Å². The summed E-state index contributed by atoms with van der Waals surface area (Å²) in [7, 11) is 0. The summed E-state index contributed by atoms with van der Waals surface area (Å²) in [6.45, 7) is 10.1. The second kappa shape index (κ2) is 11.1. The summed E-state index contributed by atoms with van der Waals surface area (Å²) in [5.41, 5.74) is 4.47. The van der Waals surface area contributed by atoms with Gasteiger partial charge in [-0.15, -0.1) is 0 Å². The molecule has 0 saturated carbocycles. The molecule has 2 atom stereocenters. The topological polar surface area (TPSA) is 75.7 Å². The second-order valence-corrected chi connectivity index (χ2v) is 8.85. The molecule has 1 aliphatic heterocycles. The number of ether oxygens (including phenoxy) is 1. The number of nitrogens with zero attached hydrogens (tertiary/aromatic N) is 1. The van der Waals surface area contributed by atoms with E-state index in [0.717, 1.165) is 23.1 Å². The molecule has 6 nitrogen and oxygen atoms in total. The van der Waals surface area contributed by atoms with Crippen LogP contribution in [0.5, 0.6) is 0 Å². The summed E-state index contributed by atoms with van der Waals surface area (Å²) in [5.74, 6) is -0.951. The minimum absolute atomic E-state index is 0.0634. The van der Waals surface area contributed by atoms with E-state index in [1.54, 1.807) is 30.9 Å². The molecule has 6 heteroatoms. The van der Waals surface area contributed by atoms with Crippen molar-refractivity contribution in [1.29, 1.82) is 0 Å². The highest BCUT2D eigenvalue weighted by Crippen LogP contribution is 2.38. The Labute approximate surface area is 202 Å². The summed E-state index contributed by atoms with van der Waals surface area (Å²) in [6.07, 6.45) is 1.03. The number of nitrogens with one attached hydrogen (secondary N) is 1. The molecule has 2 aromatic rings. The summed E-state index contributed by atoms with van der Waals surface area (Å²) in [5, 5.41) is 2.97. The van der Waals surface area contributed by atoms with Gasteiger partial charge in [-0.1, -0.05) is 48.9 Å². The third-order valence-corrected chi connectivity index (χ3v) is 6.28. The number of amides is 2. The highest BCUT2D eigenvalue weighted by Gasteiger charge is 2.37. The lowest BCUT2D eigenvalue weighted by atomic mass is 9.83. The van der Waals surface area contributed by atoms with Crippen LogP contribution in [-0.2, 0) is 20.9 Å². The van der Waals surface area contributed by atoms with Gasteiger partial charge in [0.05, 0.1) is 18.7 Å². The fourth-order valence-corrected chi connectivity index (χ4v) is 4.25. The van der Waals surface area contributed by atoms with E-state index in [4.69, 9.17) is 4.74 Å². The van der Waals surface area contributed by atoms with Gasteiger partial charge >= 0.3 is 5.97 Å². The largest absolute Gasteiger partial charge is 0.463 e. The van der Waals surface area contributed by atoms with Crippen LogP contribution >= 0.6 is 0 Å². The standard InChI is InChI=1S/C28H34N2O4/c1-6-19(4)29-27(32)23-13-9-11-21(15-23)17-30-20(5)26(28(33)34-7-2)24(16-25(30)31)22-12-8-10-18(3)14-22/h8-15,19,24H,6-7,16-17H2,1-5H3,(H,29,32). The fraction of sp³-hybridized carbons (Fsp3) is 0.393. The average Bonchev–Trinajstić information content (AvgIpc) is 2.81. The van der Waals surface area contributed by atoms with Gasteiger partial charge in [-0.3, -0.25) is 9.59 Å². The molecule has 0 fully saturated rings. The number of hydrogen-bond acceptors (Lipinski definition) is 4. The van der Waals surface area contributed by atoms with Crippen LogP contribution in [0.15, 0.2) is 59.8 Å². The van der Waals surface area contributed by atoms with Crippen molar-refractivity contribution >= 4 is 17.8 Å². The van der Waals surface area contributed by atoms with E-state index in [1.165, 1.54) is 0 Å². The predicted molar refractivity (Wildman–Crippen MR) is 132 cm³/mol. The van der Waals surface area contributed by atoms with Gasteiger partial charge in [-0.05, 0) is 57.4 Å². The molecule has 1 heterocycles. The molecule has 3 rings (SSSR count). The number of carbonyl (C=O) groups excluding carboxylic acids is 3. The monoisotopic (exact) mass is 462 g/mol. The fourth-order valence-electron chi connectivity index (χ4n) is 4.25. The van der Waals surface area contributed by atoms with Crippen LogP contribution in [0.25, 0.3) is 0 Å². The molecule has 0 bridgehead atoms. The van der Waals surface area contributed by atoms with Crippen LogP contribution in [0.1, 0.15) is 73.5 Å². The Bertz CT molecular complexity index is 1110. The number of hydrogen-bond donors (Lipinski definition) is 1. The van der Waals surface area contributed by atoms with E-state index in [0.29, 0.717) is 16.8 Å². The molecule has 0 radical (unpaired) electrons. The molecule has 0 saturated heterocycles. The van der Waals surface area contributed by atoms with Crippen LogP contribution < -0.4 is 5.32 Å². The zero-order chi connectivity index (χ0) is 24.8. The molecule has 2 unspecified atom stereocenters. The quantitative estimate of drug-likeness (QED) is 0.568. The lowest BCUT2D eigenvalue weighted by molar-refractivity contribution is -0.140. The summed E-state index contributed by atoms with van der Waals surface area (Å²) in [4.78, 5) is 40.4. The Balaban J connectivity index is 1.94. The third kappa shape index (κ3) is 5.74. The Morgan fingerprint density at radius 2 is 1.85 bits per heavy atom. The van der Waals surface area contributed by atoms with Gasteiger partial charge in [0.15, 0.2) is 0 Å². The highest BCUT2D eigenvalue weighted by atomic mass is 16.5. The van der Waals surface area contributed by atoms with Crippen LogP contribution in [0.4, 0.5) is 0 Å². The number of aryl methyl sites for hydroxylation is 1. The van der Waals surface area contributed by atoms with E-state index < -0.39 is 5.97 Å². The van der Waals surface area contributed by atoms with Gasteiger partial charge < -0.3 is 15.0 Å². The summed E-state index contributed by atoms with van der Waals surface area (Å²) < 4.78 is 5.38. The first-order valence-electron chi connectivity index (χ1n) is 11.9. The molecule has 0 spiro atoms. The van der Waals surface area contributed by atoms with Crippen molar-refractivity contribution in [2.24, 2.45) is 0 Å². The first-order valence-corrected chi connectivity index (χ1v) is 11.9. The van der Waals surface area contributed by atoms with Gasteiger partial charge in [0.1, 0.15) is 0 Å². The van der Waals surface area contributed by atoms with Gasteiger partial charge in [0.2, 0.25) is 5.91 Å². The van der Waals surface area contributed by atoms with Crippen molar-refractivity contribution in [3.05, 3.63) is 82.1 Å². The van der Waals surface area contributed by atoms with Crippen molar-refractivity contribution in [3.63, 3.8) is 0 Å². The molecule has 180 valence electrons. The molecule has 34 heavy (non-hydrogen) atoms. The molecule has 2 aromatic carbocycles. The minimum Gasteiger partial charge on any atom is -0.463 e. The summed E-state index contributed by atoms with van der Waals surface area (Å²) >= 11 is 0. The number of carbonyl (C=O) groups is 3. The maximum absolute atomic E-state index is 13.3. The number of esters is 1. The van der Waals surface area contributed by atoms with Crippen LogP contribution in [0.2, 0.25) is 0 Å². The van der Waals surface area contributed by atoms with Crippen molar-refractivity contribution in [3.8, 4) is 0 Å². The van der Waals surface area contributed by atoms with E-state index in [2.05, 4.69) is 5.32 Å². The SMILES string of the molecule is CCOC(=O)C1=C(C)N(Cc2cccc(C(=O)NC(C)CC)c2)C(=O)CC1c1cccc(C)c1. The first kappa shape index (κ1) is 25.2. The zero-order valence-electron chi connectivity index (χ0n) is 20.7. The number of rotatable bonds is 8. The maximum Gasteiger partial charge on any atom is 0.336 e. The minimum atomic E-state index is -0.398. The molecule has 2 amide bonds. The molecule has 0 aromatic heterocycles. The Hall–Kier alpha value is -3.41. The molecular weight excluding hydrogens is 428 g/mol. The van der Waals surface area contributed by atoms with Crippen LogP contribution in [0.3, 0.4) is 0 Å². The van der Waals surface area contributed by atoms with Gasteiger partial charge in [0, 0.05) is 29.6 Å². The zero-order valence-corrected chi connectivity index (χ0v) is 20.7. The van der Waals surface area contributed by atoms with Crippen molar-refractivity contribution in [2.75, 3.05) is 6.61 Å². The lowest BCUT2D eigenvalue weighted by Gasteiger charge is -2.34. The third-order valence-electron chi connectivity index (χ3n) is 6.28. The van der Waals surface area contributed by atoms with E-state index >= 15 is 0 Å². The Kier molecular flexibility index (Phi) is 8.26. The van der Waals surface area contributed by atoms with E-state index in [9.17, 15) is 14.4 Å². The molecular formula is C28H34N2O4. The Morgan fingerprint density at radius 1 is 1.12 bits per heavy atom. The van der Waals surface area contributed by atoms with Crippen molar-refractivity contribution < 1.29 is 19.1 Å². The normalized spacial score (nSPS) is 16.9. The van der Waals surface area contributed by atoms with Crippen molar-refractivity contribution in [2.45, 2.75) is 66.0 Å². The van der Waals surface area contributed by atoms with E-state index in [1.807, 2.05) is 57.2 Å². The number of allylic oxidation sites excluding steroid dienone is 1. The summed E-state index contributed by atoms with van der Waals surface area (Å²) in [6, 6.07) is 15.2.